The van der Waals surface area contributed by atoms with Gasteiger partial charge < -0.3 is 65.1 Å². The molecule has 12 unspecified atom stereocenters. The topological polar surface area (TPSA) is 228 Å². The highest BCUT2D eigenvalue weighted by molar-refractivity contribution is 5.76. The fourth-order valence-electron chi connectivity index (χ4n) is 9.15. The number of ether oxygens (including phenoxy) is 4. The van der Waals surface area contributed by atoms with Gasteiger partial charge in [-0.15, -0.1) is 0 Å². The van der Waals surface area contributed by atoms with Crippen molar-refractivity contribution < 1.29 is 64.6 Å². The fraction of sp³-hybridized carbons (Fsp3) is 0.907. The van der Waals surface area contributed by atoms with Gasteiger partial charge in [-0.25, -0.2) is 0 Å². The zero-order valence-corrected chi connectivity index (χ0v) is 42.6. The Morgan fingerprint density at radius 1 is 0.529 bits per heavy atom. The SMILES string of the molecule is CCCCCCC/C=C\C/C=C\CCCCCCCCCCCCCCCCCCCC(=O)NC(COC1OC(CO)C(OC2OC(CO)C(O)C(O)C2O)C(O)C1O)C(O)CCCCCCC. The number of allylic oxidation sites excluding steroid dienone is 4. The monoisotopic (exact) mass is 972 g/mol. The molecule has 14 nitrogen and oxygen atoms in total. The van der Waals surface area contributed by atoms with Gasteiger partial charge >= 0.3 is 0 Å². The Balaban J connectivity index is 1.58. The summed E-state index contributed by atoms with van der Waals surface area (Å²) in [7, 11) is 0. The maximum Gasteiger partial charge on any atom is 0.220 e. The zero-order valence-electron chi connectivity index (χ0n) is 42.6. The summed E-state index contributed by atoms with van der Waals surface area (Å²) in [5, 5.41) is 86.4. The van der Waals surface area contributed by atoms with Crippen molar-refractivity contribution in [3.05, 3.63) is 24.3 Å². The van der Waals surface area contributed by atoms with E-state index in [1.54, 1.807) is 0 Å². The molecule has 2 fully saturated rings. The first-order chi connectivity index (χ1) is 33.1. The highest BCUT2D eigenvalue weighted by Gasteiger charge is 2.51. The Hall–Kier alpha value is -1.53. The van der Waals surface area contributed by atoms with Crippen molar-refractivity contribution in [1.82, 2.24) is 5.32 Å². The van der Waals surface area contributed by atoms with Gasteiger partial charge in [0.2, 0.25) is 5.91 Å². The zero-order chi connectivity index (χ0) is 49.6. The standard InChI is InChI=1S/C54H101NO13/c1-3-5-7-9-10-11-12-13-14-15-16-17-18-19-20-21-22-23-24-25-26-27-28-29-30-31-32-34-36-38-46(59)55-42(43(58)37-35-33-8-6-4-2)41-65-53-51(64)49(62)52(45(40-57)67-53)68-54-50(63)48(61)47(60)44(39-56)66-54/h12-13,15-16,42-45,47-54,56-58,60-64H,3-11,14,17-41H2,1-2H3,(H,55,59)/b13-12-,16-15-. The van der Waals surface area contributed by atoms with E-state index < -0.39 is 86.8 Å². The van der Waals surface area contributed by atoms with Crippen LogP contribution in [0.15, 0.2) is 24.3 Å². The van der Waals surface area contributed by atoms with Crippen LogP contribution in [0.4, 0.5) is 0 Å². The third-order valence-corrected chi connectivity index (χ3v) is 13.7. The number of hydrogen-bond acceptors (Lipinski definition) is 13. The molecule has 0 aromatic rings. The minimum Gasteiger partial charge on any atom is -0.394 e. The van der Waals surface area contributed by atoms with Crippen LogP contribution in [0, 0.1) is 0 Å². The summed E-state index contributed by atoms with van der Waals surface area (Å²) in [5.74, 6) is -0.212. The smallest absolute Gasteiger partial charge is 0.220 e. The van der Waals surface area contributed by atoms with Crippen molar-refractivity contribution >= 4 is 5.91 Å². The molecule has 2 rings (SSSR count). The van der Waals surface area contributed by atoms with Crippen molar-refractivity contribution in [3.63, 3.8) is 0 Å². The van der Waals surface area contributed by atoms with E-state index in [1.165, 1.54) is 128 Å². The summed E-state index contributed by atoms with van der Waals surface area (Å²) in [6, 6.07) is -0.822. The van der Waals surface area contributed by atoms with Gasteiger partial charge in [0.05, 0.1) is 32.0 Å². The third-order valence-electron chi connectivity index (χ3n) is 13.7. The Kier molecular flexibility index (Phi) is 37.7. The van der Waals surface area contributed by atoms with Gasteiger partial charge in [0, 0.05) is 6.42 Å². The first kappa shape index (κ1) is 62.6. The van der Waals surface area contributed by atoms with E-state index in [2.05, 4.69) is 43.5 Å². The van der Waals surface area contributed by atoms with Crippen molar-refractivity contribution in [2.75, 3.05) is 19.8 Å². The first-order valence-electron chi connectivity index (χ1n) is 27.6. The Morgan fingerprint density at radius 2 is 0.971 bits per heavy atom. The minimum atomic E-state index is -1.78. The molecule has 2 heterocycles. The molecule has 0 aromatic carbocycles. The van der Waals surface area contributed by atoms with E-state index in [4.69, 9.17) is 18.9 Å². The van der Waals surface area contributed by atoms with Crippen LogP contribution in [0.5, 0.6) is 0 Å². The van der Waals surface area contributed by atoms with Crippen LogP contribution in [0.1, 0.15) is 219 Å². The summed E-state index contributed by atoms with van der Waals surface area (Å²) >= 11 is 0. The lowest BCUT2D eigenvalue weighted by molar-refractivity contribution is -0.359. The summed E-state index contributed by atoms with van der Waals surface area (Å²) < 4.78 is 22.6. The number of carbonyl (C=O) groups excluding carboxylic acids is 1. The third kappa shape index (κ3) is 27.3. The van der Waals surface area contributed by atoms with Crippen molar-refractivity contribution in [2.24, 2.45) is 0 Å². The maximum atomic E-state index is 13.1. The lowest BCUT2D eigenvalue weighted by Crippen LogP contribution is -2.65. The maximum absolute atomic E-state index is 13.1. The molecule has 1 amide bonds. The molecular formula is C54H101NO13. The lowest BCUT2D eigenvalue weighted by atomic mass is 9.97. The van der Waals surface area contributed by atoms with Crippen LogP contribution in [0.3, 0.4) is 0 Å². The number of amides is 1. The molecule has 0 saturated carbocycles. The molecule has 68 heavy (non-hydrogen) atoms. The number of hydrogen-bond donors (Lipinski definition) is 9. The number of aliphatic hydroxyl groups is 8. The summed E-state index contributed by atoms with van der Waals surface area (Å²) in [6.45, 7) is 2.75. The normalized spacial score (nSPS) is 26.5. The number of aliphatic hydroxyl groups excluding tert-OH is 8. The van der Waals surface area contributed by atoms with E-state index in [9.17, 15) is 45.6 Å². The summed E-state index contributed by atoms with van der Waals surface area (Å²) in [6.07, 6.45) is 29.8. The molecule has 400 valence electrons. The van der Waals surface area contributed by atoms with E-state index in [-0.39, 0.29) is 12.5 Å². The van der Waals surface area contributed by atoms with Gasteiger partial charge in [-0.05, 0) is 44.9 Å². The summed E-state index contributed by atoms with van der Waals surface area (Å²) in [4.78, 5) is 13.1. The van der Waals surface area contributed by atoms with Crippen LogP contribution in [0.2, 0.25) is 0 Å². The Bertz CT molecular complexity index is 1240. The molecule has 2 aliphatic heterocycles. The van der Waals surface area contributed by atoms with Gasteiger partial charge in [-0.1, -0.05) is 192 Å². The van der Waals surface area contributed by atoms with Crippen molar-refractivity contribution in [1.29, 1.82) is 0 Å². The minimum absolute atomic E-state index is 0.212. The number of carbonyl (C=O) groups is 1. The molecule has 0 aromatic heterocycles. The second-order valence-electron chi connectivity index (χ2n) is 19.7. The number of unbranched alkanes of at least 4 members (excludes halogenated alkanes) is 26. The van der Waals surface area contributed by atoms with Gasteiger partial charge in [0.25, 0.3) is 0 Å². The second kappa shape index (κ2) is 41.0. The molecule has 0 spiro atoms. The van der Waals surface area contributed by atoms with Gasteiger partial charge in [-0.3, -0.25) is 4.79 Å². The second-order valence-corrected chi connectivity index (χ2v) is 19.7. The first-order valence-corrected chi connectivity index (χ1v) is 27.6. The Labute approximate surface area is 411 Å². The molecule has 0 radical (unpaired) electrons. The molecule has 0 aliphatic carbocycles. The summed E-state index contributed by atoms with van der Waals surface area (Å²) in [5.41, 5.74) is 0. The van der Waals surface area contributed by atoms with Crippen molar-refractivity contribution in [3.8, 4) is 0 Å². The van der Waals surface area contributed by atoms with E-state index in [0.29, 0.717) is 12.8 Å². The fourth-order valence-corrected chi connectivity index (χ4v) is 9.15. The lowest BCUT2D eigenvalue weighted by Gasteiger charge is -2.46. The number of rotatable bonds is 43. The predicted molar refractivity (Wildman–Crippen MR) is 268 cm³/mol. The van der Waals surface area contributed by atoms with Gasteiger partial charge in [0.1, 0.15) is 48.8 Å². The molecule has 12 atom stereocenters. The molecule has 14 heteroatoms. The van der Waals surface area contributed by atoms with Crippen LogP contribution in [-0.4, -0.2) is 140 Å². The van der Waals surface area contributed by atoms with Crippen LogP contribution in [0.25, 0.3) is 0 Å². The van der Waals surface area contributed by atoms with Gasteiger partial charge in [0.15, 0.2) is 12.6 Å². The molecule has 0 bridgehead atoms. The number of nitrogens with one attached hydrogen (secondary N) is 1. The highest BCUT2D eigenvalue weighted by Crippen LogP contribution is 2.30. The highest BCUT2D eigenvalue weighted by atomic mass is 16.7. The van der Waals surface area contributed by atoms with E-state index in [1.807, 2.05) is 0 Å². The van der Waals surface area contributed by atoms with Crippen LogP contribution in [-0.2, 0) is 23.7 Å². The average molecular weight is 972 g/mol. The van der Waals surface area contributed by atoms with Crippen LogP contribution >= 0.6 is 0 Å². The average Bonchev–Trinajstić information content (AvgIpc) is 3.34. The largest absolute Gasteiger partial charge is 0.394 e. The van der Waals surface area contributed by atoms with Gasteiger partial charge in [-0.2, -0.15) is 0 Å². The van der Waals surface area contributed by atoms with Crippen molar-refractivity contribution in [2.45, 2.75) is 293 Å². The van der Waals surface area contributed by atoms with Crippen LogP contribution < -0.4 is 5.32 Å². The Morgan fingerprint density at radius 3 is 1.47 bits per heavy atom. The molecular weight excluding hydrogens is 871 g/mol. The molecule has 2 aliphatic rings. The quantitative estimate of drug-likeness (QED) is 0.0208. The predicted octanol–water partition coefficient (Wildman–Crippen LogP) is 8.11. The van der Waals surface area contributed by atoms with E-state index in [0.717, 1.165) is 64.2 Å². The molecule has 2 saturated heterocycles. The molecule has 9 N–H and O–H groups in total. The van der Waals surface area contributed by atoms with E-state index >= 15 is 0 Å².